The Labute approximate surface area is 113 Å². The number of unbranched alkanes of at least 4 members (excludes halogenated alkanes) is 1. The van der Waals surface area contributed by atoms with Crippen LogP contribution in [0, 0.1) is 0 Å². The number of hydrogen-bond acceptors (Lipinski definition) is 3. The molecule has 1 atom stereocenters. The fraction of sp³-hybridized carbons (Fsp3) is 0.692. The Bertz CT molecular complexity index is 431. The minimum atomic E-state index is -0.257. The van der Waals surface area contributed by atoms with E-state index in [9.17, 15) is 4.79 Å². The Morgan fingerprint density at radius 1 is 1.39 bits per heavy atom. The van der Waals surface area contributed by atoms with E-state index in [2.05, 4.69) is 24.3 Å². The summed E-state index contributed by atoms with van der Waals surface area (Å²) < 4.78 is 1.24. The van der Waals surface area contributed by atoms with Gasteiger partial charge in [0.25, 0.3) is 5.56 Å². The number of nitrogens with zero attached hydrogens (tertiary/aromatic N) is 2. The standard InChI is InChI=1S/C13H22ClN3O/c1-4-6-8-10(7-5-2)16-11-9-15-17(3)13(18)12(11)14/h9-10,16H,4-8H2,1-3H3. The van der Waals surface area contributed by atoms with Crippen molar-refractivity contribution in [3.63, 3.8) is 0 Å². The van der Waals surface area contributed by atoms with Gasteiger partial charge < -0.3 is 5.32 Å². The van der Waals surface area contributed by atoms with Gasteiger partial charge >= 0.3 is 0 Å². The second kappa shape index (κ2) is 7.41. The second-order valence-corrected chi connectivity index (χ2v) is 4.95. The monoisotopic (exact) mass is 271 g/mol. The summed E-state index contributed by atoms with van der Waals surface area (Å²) in [4.78, 5) is 11.7. The highest BCUT2D eigenvalue weighted by atomic mass is 35.5. The summed E-state index contributed by atoms with van der Waals surface area (Å²) in [6.07, 6.45) is 7.25. The third-order valence-electron chi connectivity index (χ3n) is 2.98. The molecular weight excluding hydrogens is 250 g/mol. The minimum Gasteiger partial charge on any atom is -0.380 e. The van der Waals surface area contributed by atoms with Crippen LogP contribution in [-0.4, -0.2) is 15.8 Å². The Morgan fingerprint density at radius 3 is 2.72 bits per heavy atom. The van der Waals surface area contributed by atoms with Crippen LogP contribution < -0.4 is 10.9 Å². The number of anilines is 1. The van der Waals surface area contributed by atoms with E-state index in [-0.39, 0.29) is 10.6 Å². The van der Waals surface area contributed by atoms with Gasteiger partial charge in [0, 0.05) is 13.1 Å². The molecule has 0 aliphatic rings. The molecule has 5 heteroatoms. The summed E-state index contributed by atoms with van der Waals surface area (Å²) in [6, 6.07) is 0.362. The van der Waals surface area contributed by atoms with Crippen molar-refractivity contribution in [2.24, 2.45) is 7.05 Å². The second-order valence-electron chi connectivity index (χ2n) is 4.57. The van der Waals surface area contributed by atoms with Crippen LogP contribution >= 0.6 is 11.6 Å². The average molecular weight is 272 g/mol. The van der Waals surface area contributed by atoms with Crippen LogP contribution in [0.5, 0.6) is 0 Å². The summed E-state index contributed by atoms with van der Waals surface area (Å²) in [6.45, 7) is 4.33. The molecule has 0 aliphatic heterocycles. The molecule has 1 unspecified atom stereocenters. The van der Waals surface area contributed by atoms with Crippen LogP contribution in [0.15, 0.2) is 11.0 Å². The number of nitrogens with one attached hydrogen (secondary N) is 1. The lowest BCUT2D eigenvalue weighted by molar-refractivity contribution is 0.563. The first-order chi connectivity index (χ1) is 8.60. The molecule has 1 aromatic rings. The van der Waals surface area contributed by atoms with Crippen molar-refractivity contribution in [2.45, 2.75) is 52.0 Å². The molecule has 0 bridgehead atoms. The summed E-state index contributed by atoms with van der Waals surface area (Å²) in [7, 11) is 1.60. The fourth-order valence-electron chi connectivity index (χ4n) is 1.92. The van der Waals surface area contributed by atoms with Crippen molar-refractivity contribution in [2.75, 3.05) is 5.32 Å². The average Bonchev–Trinajstić information content (AvgIpc) is 2.36. The van der Waals surface area contributed by atoms with Gasteiger partial charge in [-0.15, -0.1) is 0 Å². The van der Waals surface area contributed by atoms with E-state index in [1.807, 2.05) is 0 Å². The summed E-state index contributed by atoms with van der Waals surface area (Å²) in [5, 5.41) is 7.56. The molecule has 0 saturated heterocycles. The summed E-state index contributed by atoms with van der Waals surface area (Å²) >= 11 is 6.04. The zero-order valence-electron chi connectivity index (χ0n) is 11.4. The predicted octanol–water partition coefficient (Wildman–Crippen LogP) is 3.20. The fourth-order valence-corrected chi connectivity index (χ4v) is 2.14. The summed E-state index contributed by atoms with van der Waals surface area (Å²) in [5.41, 5.74) is 0.390. The first-order valence-corrected chi connectivity index (χ1v) is 6.96. The number of halogens is 1. The van der Waals surface area contributed by atoms with Gasteiger partial charge in [0.2, 0.25) is 0 Å². The lowest BCUT2D eigenvalue weighted by atomic mass is 10.1. The van der Waals surface area contributed by atoms with Gasteiger partial charge in [-0.1, -0.05) is 44.7 Å². The maximum atomic E-state index is 11.7. The van der Waals surface area contributed by atoms with E-state index in [0.717, 1.165) is 19.3 Å². The molecule has 0 aromatic carbocycles. The molecule has 102 valence electrons. The van der Waals surface area contributed by atoms with Crippen molar-refractivity contribution in [1.29, 1.82) is 0 Å². The quantitative estimate of drug-likeness (QED) is 0.828. The van der Waals surface area contributed by atoms with Crippen molar-refractivity contribution in [3.8, 4) is 0 Å². The highest BCUT2D eigenvalue weighted by Crippen LogP contribution is 2.19. The lowest BCUT2D eigenvalue weighted by Gasteiger charge is -2.19. The summed E-state index contributed by atoms with van der Waals surface area (Å²) in [5.74, 6) is 0. The molecule has 0 aliphatic carbocycles. The third kappa shape index (κ3) is 4.02. The molecule has 1 aromatic heterocycles. The van der Waals surface area contributed by atoms with Crippen LogP contribution in [0.4, 0.5) is 5.69 Å². The minimum absolute atomic E-state index is 0.227. The molecule has 0 saturated carbocycles. The van der Waals surface area contributed by atoms with Gasteiger partial charge in [-0.2, -0.15) is 5.10 Å². The van der Waals surface area contributed by atoms with Gasteiger partial charge in [0.15, 0.2) is 0 Å². The van der Waals surface area contributed by atoms with E-state index in [4.69, 9.17) is 11.6 Å². The van der Waals surface area contributed by atoms with Gasteiger partial charge in [-0.3, -0.25) is 4.79 Å². The number of aryl methyl sites for hydroxylation is 1. The maximum Gasteiger partial charge on any atom is 0.287 e. The normalized spacial score (nSPS) is 12.4. The zero-order chi connectivity index (χ0) is 13.5. The predicted molar refractivity (Wildman–Crippen MR) is 76.3 cm³/mol. The van der Waals surface area contributed by atoms with E-state index < -0.39 is 0 Å². The van der Waals surface area contributed by atoms with E-state index in [1.165, 1.54) is 17.5 Å². The lowest BCUT2D eigenvalue weighted by Crippen LogP contribution is -2.25. The third-order valence-corrected chi connectivity index (χ3v) is 3.35. The van der Waals surface area contributed by atoms with E-state index >= 15 is 0 Å². The SMILES string of the molecule is CCCCC(CCC)Nc1cnn(C)c(=O)c1Cl. The van der Waals surface area contributed by atoms with Crippen molar-refractivity contribution < 1.29 is 0 Å². The molecule has 0 fully saturated rings. The Kier molecular flexibility index (Phi) is 6.19. The molecule has 0 spiro atoms. The molecule has 0 amide bonds. The first kappa shape index (κ1) is 15.0. The van der Waals surface area contributed by atoms with Crippen molar-refractivity contribution in [1.82, 2.24) is 9.78 Å². The Balaban J connectivity index is 2.80. The Morgan fingerprint density at radius 2 is 2.11 bits per heavy atom. The van der Waals surface area contributed by atoms with Crippen LogP contribution in [0.25, 0.3) is 0 Å². The van der Waals surface area contributed by atoms with E-state index in [1.54, 1.807) is 13.2 Å². The number of hydrogen-bond donors (Lipinski definition) is 1. The Hall–Kier alpha value is -1.03. The van der Waals surface area contributed by atoms with Crippen LogP contribution in [0.3, 0.4) is 0 Å². The van der Waals surface area contributed by atoms with E-state index in [0.29, 0.717) is 11.7 Å². The smallest absolute Gasteiger partial charge is 0.287 e. The topological polar surface area (TPSA) is 46.9 Å². The molecule has 0 radical (unpaired) electrons. The van der Waals surface area contributed by atoms with Gasteiger partial charge in [0.1, 0.15) is 5.02 Å². The van der Waals surface area contributed by atoms with Crippen molar-refractivity contribution >= 4 is 17.3 Å². The number of aromatic nitrogens is 2. The largest absolute Gasteiger partial charge is 0.380 e. The highest BCUT2D eigenvalue weighted by Gasteiger charge is 2.12. The first-order valence-electron chi connectivity index (χ1n) is 6.58. The van der Waals surface area contributed by atoms with Crippen LogP contribution in [0.2, 0.25) is 5.02 Å². The molecule has 1 N–H and O–H groups in total. The van der Waals surface area contributed by atoms with Gasteiger partial charge in [-0.05, 0) is 12.8 Å². The zero-order valence-corrected chi connectivity index (χ0v) is 12.1. The van der Waals surface area contributed by atoms with Crippen LogP contribution in [-0.2, 0) is 7.05 Å². The molecule has 18 heavy (non-hydrogen) atoms. The molecule has 1 heterocycles. The van der Waals surface area contributed by atoms with Gasteiger partial charge in [0.05, 0.1) is 11.9 Å². The molecular formula is C13H22ClN3O. The van der Waals surface area contributed by atoms with Crippen LogP contribution in [0.1, 0.15) is 46.0 Å². The molecule has 1 rings (SSSR count). The molecule has 4 nitrogen and oxygen atoms in total. The van der Waals surface area contributed by atoms with Crippen molar-refractivity contribution in [3.05, 3.63) is 21.6 Å². The highest BCUT2D eigenvalue weighted by molar-refractivity contribution is 6.32. The van der Waals surface area contributed by atoms with Gasteiger partial charge in [-0.25, -0.2) is 4.68 Å². The maximum absolute atomic E-state index is 11.7. The number of rotatable bonds is 7.